The topological polar surface area (TPSA) is 0 Å². The molecule has 0 saturated heterocycles. The number of hydrogen-bond donors (Lipinski definition) is 0. The summed E-state index contributed by atoms with van der Waals surface area (Å²) in [5.74, 6) is 0. The number of rotatable bonds is 1. The minimum absolute atomic E-state index is 0.921. The van der Waals surface area contributed by atoms with E-state index in [1.165, 1.54) is 0 Å². The maximum atomic E-state index is 3.73. The van der Waals surface area contributed by atoms with Gasteiger partial charge in [-0.2, -0.15) is 0 Å². The highest BCUT2D eigenvalue weighted by Crippen LogP contribution is 2.44. The zero-order valence-electron chi connectivity index (χ0n) is 7.50. The first-order valence-corrected chi connectivity index (χ1v) is 10.8. The molecule has 0 nitrogen and oxygen atoms in total. The third kappa shape index (κ3) is 1.10. The van der Waals surface area contributed by atoms with E-state index in [1.807, 2.05) is 4.82 Å². The summed E-state index contributed by atoms with van der Waals surface area (Å²) in [5, 5.41) is 0. The van der Waals surface area contributed by atoms with Gasteiger partial charge in [0.1, 0.15) is 0 Å². The Labute approximate surface area is 69.2 Å². The molecule has 3 heteroatoms. The second-order valence-corrected chi connectivity index (χ2v) is 15.4. The zero-order valence-corrected chi connectivity index (χ0v) is 10.5. The molecular weight excluding hydrogens is 168 g/mol. The molecule has 0 aromatic heterocycles. The van der Waals surface area contributed by atoms with Crippen LogP contribution >= 0.6 is 0 Å². The summed E-state index contributed by atoms with van der Waals surface area (Å²) in [7, 11) is 1.88. The minimum Gasteiger partial charge on any atom is -0.102 e. The monoisotopic (exact) mass is 183 g/mol. The standard InChI is InChI=1S/C7H15Si3/c1-9(2,3)7-6(8)10(7,4)5/h1-5H3. The molecule has 0 amide bonds. The summed E-state index contributed by atoms with van der Waals surface area (Å²) in [6.45, 7) is 12.2. The van der Waals surface area contributed by atoms with Crippen molar-refractivity contribution in [1.82, 2.24) is 0 Å². The molecule has 0 fully saturated rings. The Hall–Kier alpha value is 0.391. The summed E-state index contributed by atoms with van der Waals surface area (Å²) in [4.78, 5) is 3.45. The summed E-state index contributed by atoms with van der Waals surface area (Å²) in [5.41, 5.74) is 0. The maximum Gasteiger partial charge on any atom is 0.0918 e. The van der Waals surface area contributed by atoms with Crippen LogP contribution in [0, 0.1) is 0 Å². The Morgan fingerprint density at radius 2 is 1.50 bits per heavy atom. The van der Waals surface area contributed by atoms with Crippen LogP contribution < -0.4 is 0 Å². The van der Waals surface area contributed by atoms with Gasteiger partial charge in [0, 0.05) is 0 Å². The summed E-state index contributed by atoms with van der Waals surface area (Å²) in [6, 6.07) is 0. The van der Waals surface area contributed by atoms with Gasteiger partial charge in [-0.1, -0.05) is 37.6 Å². The Kier molecular flexibility index (Phi) is 1.66. The minimum atomic E-state index is -0.929. The SMILES string of the molecule is C[Si](C)(C)C1=C([Si])[Si]1(C)C. The predicted molar refractivity (Wildman–Crippen MR) is 53.6 cm³/mol. The summed E-state index contributed by atoms with van der Waals surface area (Å²) >= 11 is 0. The van der Waals surface area contributed by atoms with Crippen molar-refractivity contribution >= 4 is 26.4 Å². The van der Waals surface area contributed by atoms with Crippen LogP contribution in [0.25, 0.3) is 0 Å². The molecule has 0 aliphatic carbocycles. The third-order valence-corrected chi connectivity index (χ3v) is 13.7. The van der Waals surface area contributed by atoms with E-state index in [9.17, 15) is 0 Å². The van der Waals surface area contributed by atoms with Crippen molar-refractivity contribution in [2.45, 2.75) is 32.7 Å². The first kappa shape index (κ1) is 8.49. The molecule has 1 aliphatic heterocycles. The lowest BCUT2D eigenvalue weighted by Crippen LogP contribution is -2.27. The Morgan fingerprint density at radius 1 is 1.20 bits per heavy atom. The van der Waals surface area contributed by atoms with E-state index < -0.39 is 16.1 Å². The van der Waals surface area contributed by atoms with Gasteiger partial charge in [0.15, 0.2) is 0 Å². The molecule has 0 atom stereocenters. The van der Waals surface area contributed by atoms with Crippen molar-refractivity contribution < 1.29 is 0 Å². The van der Waals surface area contributed by atoms with E-state index >= 15 is 0 Å². The first-order chi connectivity index (χ1) is 4.28. The van der Waals surface area contributed by atoms with Gasteiger partial charge in [-0.05, 0) is 0 Å². The van der Waals surface area contributed by atoms with Gasteiger partial charge in [0.05, 0.1) is 26.4 Å². The second kappa shape index (κ2) is 1.95. The second-order valence-electron chi connectivity index (χ2n) is 4.62. The van der Waals surface area contributed by atoms with Crippen LogP contribution in [0.3, 0.4) is 0 Å². The van der Waals surface area contributed by atoms with Crippen molar-refractivity contribution in [3.63, 3.8) is 0 Å². The van der Waals surface area contributed by atoms with E-state index in [4.69, 9.17) is 0 Å². The molecule has 55 valence electrons. The third-order valence-electron chi connectivity index (χ3n) is 2.19. The fourth-order valence-corrected chi connectivity index (χ4v) is 16.6. The van der Waals surface area contributed by atoms with E-state index in [0.29, 0.717) is 0 Å². The molecule has 0 spiro atoms. The molecular formula is C7H15Si3. The lowest BCUT2D eigenvalue weighted by Gasteiger charge is -2.15. The fraction of sp³-hybridized carbons (Fsp3) is 0.714. The van der Waals surface area contributed by atoms with Gasteiger partial charge in [0.2, 0.25) is 0 Å². The van der Waals surface area contributed by atoms with Crippen LogP contribution in [0.2, 0.25) is 32.7 Å². The average molecular weight is 183 g/mol. The molecule has 1 rings (SSSR count). The van der Waals surface area contributed by atoms with Crippen molar-refractivity contribution in [2.75, 3.05) is 0 Å². The lowest BCUT2D eigenvalue weighted by molar-refractivity contribution is 1.75. The Morgan fingerprint density at radius 3 is 1.50 bits per heavy atom. The van der Waals surface area contributed by atoms with Crippen LogP contribution in [0.4, 0.5) is 0 Å². The van der Waals surface area contributed by atoms with Crippen molar-refractivity contribution in [3.05, 3.63) is 9.64 Å². The van der Waals surface area contributed by atoms with Gasteiger partial charge in [-0.15, -0.1) is 4.82 Å². The quantitative estimate of drug-likeness (QED) is 0.546. The average Bonchev–Trinajstić information content (AvgIpc) is 2.03. The molecule has 0 unspecified atom stereocenters. The van der Waals surface area contributed by atoms with Gasteiger partial charge in [0.25, 0.3) is 0 Å². The molecule has 0 aromatic carbocycles. The smallest absolute Gasteiger partial charge is 0.0918 e. The predicted octanol–water partition coefficient (Wildman–Crippen LogP) is 2.09. The molecule has 0 N–H and O–H groups in total. The van der Waals surface area contributed by atoms with E-state index in [-0.39, 0.29) is 0 Å². The molecule has 0 bridgehead atoms. The molecule has 0 aromatic rings. The largest absolute Gasteiger partial charge is 0.102 e. The lowest BCUT2D eigenvalue weighted by atomic mass is 11.2. The molecule has 3 radical (unpaired) electrons. The summed E-state index contributed by atoms with van der Waals surface area (Å²) < 4.78 is 0. The number of hydrogen-bond acceptors (Lipinski definition) is 0. The van der Waals surface area contributed by atoms with Gasteiger partial charge >= 0.3 is 0 Å². The van der Waals surface area contributed by atoms with Crippen molar-refractivity contribution in [3.8, 4) is 0 Å². The van der Waals surface area contributed by atoms with E-state index in [0.717, 1.165) is 0 Å². The molecule has 1 aliphatic rings. The van der Waals surface area contributed by atoms with Crippen molar-refractivity contribution in [2.24, 2.45) is 0 Å². The highest BCUT2D eigenvalue weighted by atomic mass is 28.4. The van der Waals surface area contributed by atoms with Crippen LogP contribution in [-0.4, -0.2) is 26.4 Å². The van der Waals surface area contributed by atoms with Crippen LogP contribution in [0.1, 0.15) is 0 Å². The van der Waals surface area contributed by atoms with Gasteiger partial charge in [-0.25, -0.2) is 0 Å². The van der Waals surface area contributed by atoms with E-state index in [2.05, 4.69) is 43.0 Å². The molecule has 1 heterocycles. The highest BCUT2D eigenvalue weighted by molar-refractivity contribution is 7.21. The van der Waals surface area contributed by atoms with Crippen LogP contribution in [-0.2, 0) is 0 Å². The summed E-state index contributed by atoms with van der Waals surface area (Å²) in [6.07, 6.45) is 0. The van der Waals surface area contributed by atoms with Crippen LogP contribution in [0.15, 0.2) is 9.64 Å². The Balaban J connectivity index is 2.82. The highest BCUT2D eigenvalue weighted by Gasteiger charge is 2.49. The van der Waals surface area contributed by atoms with E-state index in [1.54, 1.807) is 4.82 Å². The van der Waals surface area contributed by atoms with Crippen LogP contribution in [0.5, 0.6) is 0 Å². The van der Waals surface area contributed by atoms with Crippen molar-refractivity contribution in [1.29, 1.82) is 0 Å². The maximum absolute atomic E-state index is 3.73. The molecule has 0 saturated carbocycles. The Bertz CT molecular complexity index is 195. The van der Waals surface area contributed by atoms with Gasteiger partial charge in [-0.3, -0.25) is 0 Å². The van der Waals surface area contributed by atoms with Gasteiger partial charge < -0.3 is 0 Å². The molecule has 10 heavy (non-hydrogen) atoms. The fourth-order valence-electron chi connectivity index (χ4n) is 1.78. The first-order valence-electron chi connectivity index (χ1n) is 3.75. The zero-order chi connectivity index (χ0) is 8.15. The normalized spacial score (nSPS) is 23.4.